The van der Waals surface area contributed by atoms with Crippen molar-refractivity contribution in [3.05, 3.63) is 23.8 Å². The average molecular weight is 434 g/mol. The van der Waals surface area contributed by atoms with Crippen LogP contribution in [0, 0.1) is 18.8 Å². The van der Waals surface area contributed by atoms with E-state index in [0.717, 1.165) is 49.8 Å². The molecule has 2 atom stereocenters. The Balaban J connectivity index is 1.40. The molecule has 0 spiro atoms. The van der Waals surface area contributed by atoms with Crippen molar-refractivity contribution >= 4 is 21.6 Å². The van der Waals surface area contributed by atoms with Crippen LogP contribution in [-0.4, -0.2) is 56.3 Å². The number of likely N-dealkylation sites (tertiary alicyclic amines) is 1. The maximum atomic E-state index is 13.0. The van der Waals surface area contributed by atoms with E-state index >= 15 is 0 Å². The van der Waals surface area contributed by atoms with Crippen LogP contribution in [0.2, 0.25) is 0 Å². The molecule has 4 rings (SSSR count). The van der Waals surface area contributed by atoms with Crippen molar-refractivity contribution in [3.63, 3.8) is 0 Å². The van der Waals surface area contributed by atoms with E-state index in [4.69, 9.17) is 0 Å². The van der Waals surface area contributed by atoms with E-state index in [-0.39, 0.29) is 10.8 Å². The molecule has 2 heterocycles. The Labute approximate surface area is 181 Å². The Bertz CT molecular complexity index is 864. The second-order valence-electron chi connectivity index (χ2n) is 9.32. The number of sulfonamides is 1. The van der Waals surface area contributed by atoms with Crippen LogP contribution in [0.15, 0.2) is 23.1 Å². The molecule has 1 saturated carbocycles. The maximum Gasteiger partial charge on any atom is 0.243 e. The van der Waals surface area contributed by atoms with Crippen molar-refractivity contribution in [2.75, 3.05) is 38.0 Å². The third-order valence-corrected chi connectivity index (χ3v) is 9.07. The zero-order valence-corrected chi connectivity index (χ0v) is 18.9. The number of amides is 1. The van der Waals surface area contributed by atoms with Crippen LogP contribution >= 0.6 is 0 Å². The monoisotopic (exact) mass is 433 g/mol. The molecule has 7 heteroatoms. The van der Waals surface area contributed by atoms with E-state index in [1.807, 2.05) is 6.92 Å². The quantitative estimate of drug-likeness (QED) is 0.770. The zero-order valence-electron chi connectivity index (χ0n) is 18.1. The summed E-state index contributed by atoms with van der Waals surface area (Å²) < 4.78 is 27.6. The molecule has 2 saturated heterocycles. The highest BCUT2D eigenvalue weighted by Crippen LogP contribution is 2.36. The summed E-state index contributed by atoms with van der Waals surface area (Å²) in [5.74, 6) is 1.52. The molecular weight excluding hydrogens is 398 g/mol. The second kappa shape index (κ2) is 9.37. The number of piperidine rings is 2. The number of nitrogens with one attached hydrogen (secondary N) is 1. The van der Waals surface area contributed by atoms with E-state index in [1.165, 1.54) is 32.1 Å². The predicted molar refractivity (Wildman–Crippen MR) is 119 cm³/mol. The maximum absolute atomic E-state index is 13.0. The highest BCUT2D eigenvalue weighted by molar-refractivity contribution is 7.89. The molecule has 6 nitrogen and oxygen atoms in total. The molecule has 0 radical (unpaired) electrons. The number of carbonyl (C=O) groups excluding carboxylic acids is 1. The van der Waals surface area contributed by atoms with E-state index in [1.54, 1.807) is 22.5 Å². The van der Waals surface area contributed by atoms with Crippen molar-refractivity contribution in [2.45, 2.75) is 63.2 Å². The van der Waals surface area contributed by atoms with Gasteiger partial charge in [0.1, 0.15) is 0 Å². The van der Waals surface area contributed by atoms with Gasteiger partial charge in [-0.15, -0.1) is 0 Å². The third kappa shape index (κ3) is 4.89. The summed E-state index contributed by atoms with van der Waals surface area (Å²) in [4.78, 5) is 15.3. The van der Waals surface area contributed by atoms with Crippen LogP contribution in [0.25, 0.3) is 0 Å². The number of fused-ring (bicyclic) bond motifs is 1. The summed E-state index contributed by atoms with van der Waals surface area (Å²) >= 11 is 0. The van der Waals surface area contributed by atoms with Gasteiger partial charge in [0, 0.05) is 25.3 Å². The van der Waals surface area contributed by atoms with Gasteiger partial charge < -0.3 is 5.32 Å². The van der Waals surface area contributed by atoms with Gasteiger partial charge in [-0.3, -0.25) is 9.69 Å². The fourth-order valence-corrected chi connectivity index (χ4v) is 6.91. The van der Waals surface area contributed by atoms with E-state index in [0.29, 0.717) is 25.3 Å². The predicted octanol–water partition coefficient (Wildman–Crippen LogP) is 3.62. The molecule has 0 unspecified atom stereocenters. The highest BCUT2D eigenvalue weighted by atomic mass is 32.2. The number of hydrogen-bond donors (Lipinski definition) is 1. The van der Waals surface area contributed by atoms with Gasteiger partial charge in [-0.05, 0) is 68.7 Å². The van der Waals surface area contributed by atoms with Gasteiger partial charge in [-0.2, -0.15) is 4.31 Å². The summed E-state index contributed by atoms with van der Waals surface area (Å²) in [5, 5.41) is 2.98. The molecule has 1 amide bonds. The van der Waals surface area contributed by atoms with Gasteiger partial charge in [-0.1, -0.05) is 31.7 Å². The van der Waals surface area contributed by atoms with Gasteiger partial charge >= 0.3 is 0 Å². The minimum atomic E-state index is -3.51. The van der Waals surface area contributed by atoms with Crippen LogP contribution in [0.4, 0.5) is 5.69 Å². The van der Waals surface area contributed by atoms with E-state index in [9.17, 15) is 13.2 Å². The molecule has 1 aromatic carbocycles. The van der Waals surface area contributed by atoms with E-state index in [2.05, 4.69) is 10.2 Å². The number of carbonyl (C=O) groups is 1. The van der Waals surface area contributed by atoms with Gasteiger partial charge in [0.25, 0.3) is 0 Å². The zero-order chi connectivity index (χ0) is 21.1. The summed E-state index contributed by atoms with van der Waals surface area (Å²) in [5.41, 5.74) is 1.48. The lowest BCUT2D eigenvalue weighted by Crippen LogP contribution is -2.44. The van der Waals surface area contributed by atoms with Gasteiger partial charge in [0.05, 0.1) is 11.4 Å². The minimum Gasteiger partial charge on any atom is -0.325 e. The Morgan fingerprint density at radius 3 is 2.50 bits per heavy atom. The summed E-state index contributed by atoms with van der Waals surface area (Å²) in [6.45, 7) is 5.44. The normalized spacial score (nSPS) is 26.2. The summed E-state index contributed by atoms with van der Waals surface area (Å²) in [7, 11) is -3.51. The van der Waals surface area contributed by atoms with E-state index < -0.39 is 10.0 Å². The molecule has 1 N–H and O–H groups in total. The van der Waals surface area contributed by atoms with Crippen molar-refractivity contribution in [1.82, 2.24) is 9.21 Å². The number of nitrogens with zero attached hydrogens (tertiary/aromatic N) is 2. The molecule has 1 aromatic rings. The minimum absolute atomic E-state index is 0.0557. The van der Waals surface area contributed by atoms with Crippen molar-refractivity contribution in [2.24, 2.45) is 11.8 Å². The average Bonchev–Trinajstić information content (AvgIpc) is 2.75. The topological polar surface area (TPSA) is 69.7 Å². The Kier molecular flexibility index (Phi) is 6.80. The first-order valence-electron chi connectivity index (χ1n) is 11.6. The van der Waals surface area contributed by atoms with Crippen LogP contribution in [0.1, 0.15) is 56.9 Å². The van der Waals surface area contributed by atoms with Crippen molar-refractivity contribution in [3.8, 4) is 0 Å². The fourth-order valence-electron chi connectivity index (χ4n) is 5.36. The first-order chi connectivity index (χ1) is 14.4. The Morgan fingerprint density at radius 1 is 1.00 bits per heavy atom. The van der Waals surface area contributed by atoms with Crippen LogP contribution in [0.5, 0.6) is 0 Å². The van der Waals surface area contributed by atoms with Crippen molar-refractivity contribution in [1.29, 1.82) is 0 Å². The number of aryl methyl sites for hydroxylation is 1. The number of anilines is 1. The largest absolute Gasteiger partial charge is 0.325 e. The number of hydrogen-bond acceptors (Lipinski definition) is 4. The molecular formula is C23H35N3O3S. The van der Waals surface area contributed by atoms with Crippen LogP contribution in [-0.2, 0) is 14.8 Å². The molecule has 0 aromatic heterocycles. The van der Waals surface area contributed by atoms with Gasteiger partial charge in [0.15, 0.2) is 0 Å². The molecule has 1 aliphatic carbocycles. The molecule has 3 fully saturated rings. The van der Waals surface area contributed by atoms with Crippen molar-refractivity contribution < 1.29 is 13.2 Å². The molecule has 30 heavy (non-hydrogen) atoms. The SMILES string of the molecule is Cc1ccc(S(=O)(=O)N2CCCCC2)cc1NC(=O)CN1CC[C@H]2CCCC[C@@H]2C1. The number of rotatable bonds is 5. The molecule has 166 valence electrons. The summed E-state index contributed by atoms with van der Waals surface area (Å²) in [6.07, 6.45) is 9.41. The lowest BCUT2D eigenvalue weighted by atomic mass is 9.75. The first-order valence-corrected chi connectivity index (χ1v) is 13.0. The standard InChI is InChI=1S/C23H35N3O3S/c1-18-9-10-21(30(28,29)26-12-5-2-6-13-26)15-22(18)24-23(27)17-25-14-11-19-7-3-4-8-20(19)16-25/h9-10,15,19-20H,2-8,11-14,16-17H2,1H3,(H,24,27)/t19-,20-/m1/s1. The van der Waals surface area contributed by atoms with Gasteiger partial charge in [0.2, 0.25) is 15.9 Å². The van der Waals surface area contributed by atoms with Gasteiger partial charge in [-0.25, -0.2) is 8.42 Å². The molecule has 2 aliphatic heterocycles. The highest BCUT2D eigenvalue weighted by Gasteiger charge is 2.32. The third-order valence-electron chi connectivity index (χ3n) is 7.18. The Morgan fingerprint density at radius 2 is 1.73 bits per heavy atom. The molecule has 0 bridgehead atoms. The lowest BCUT2D eigenvalue weighted by molar-refractivity contribution is -0.118. The van der Waals surface area contributed by atoms with Crippen LogP contribution < -0.4 is 5.32 Å². The molecule has 3 aliphatic rings. The smallest absolute Gasteiger partial charge is 0.243 e. The second-order valence-corrected chi connectivity index (χ2v) is 11.3. The lowest BCUT2D eigenvalue weighted by Gasteiger charge is -2.41. The van der Waals surface area contributed by atoms with Crippen LogP contribution in [0.3, 0.4) is 0 Å². The Hall–Kier alpha value is -1.44. The summed E-state index contributed by atoms with van der Waals surface area (Å²) in [6, 6.07) is 5.08. The fraction of sp³-hybridized carbons (Fsp3) is 0.696. The number of benzene rings is 1. The first kappa shape index (κ1) is 21.8.